The minimum atomic E-state index is 0.318. The van der Waals surface area contributed by atoms with Crippen LogP contribution in [0, 0.1) is 5.92 Å². The Bertz CT molecular complexity index is 339. The van der Waals surface area contributed by atoms with E-state index in [1.807, 2.05) is 12.1 Å². The number of hydrogen-bond donors (Lipinski definition) is 0. The first kappa shape index (κ1) is 13.4. The Morgan fingerprint density at radius 3 is 2.44 bits per heavy atom. The number of rotatable bonds is 5. The Hall–Kier alpha value is -0.700. The normalized spacial score (nSPS) is 14.3. The molecule has 0 saturated heterocycles. The molecule has 0 aliphatic carbocycles. The van der Waals surface area contributed by atoms with E-state index in [2.05, 4.69) is 35.8 Å². The average Bonchev–Trinajstić information content (AvgIpc) is 2.35. The van der Waals surface area contributed by atoms with Crippen LogP contribution in [0.2, 0.25) is 0 Å². The second kappa shape index (κ2) is 6.14. The lowest BCUT2D eigenvalue weighted by atomic mass is 9.98. The molecule has 1 aromatic carbocycles. The molecule has 0 amide bonds. The standard InChI is InChI=1S/C13H19BrO2/c1-5-9(2)13(14)11-7-6-10(15-3)8-12(11)16-4/h6-9,13H,5H2,1-4H3. The smallest absolute Gasteiger partial charge is 0.126 e. The molecule has 2 unspecified atom stereocenters. The second-order valence-corrected chi connectivity index (χ2v) is 4.88. The van der Waals surface area contributed by atoms with Gasteiger partial charge in [0.05, 0.1) is 14.2 Å². The first-order valence-electron chi connectivity index (χ1n) is 5.50. The van der Waals surface area contributed by atoms with Gasteiger partial charge in [0.2, 0.25) is 0 Å². The third-order valence-electron chi connectivity index (χ3n) is 2.88. The molecule has 16 heavy (non-hydrogen) atoms. The van der Waals surface area contributed by atoms with Crippen LogP contribution < -0.4 is 9.47 Å². The molecule has 3 heteroatoms. The Balaban J connectivity index is 3.03. The Morgan fingerprint density at radius 1 is 1.25 bits per heavy atom. The van der Waals surface area contributed by atoms with Crippen molar-refractivity contribution >= 4 is 15.9 Å². The van der Waals surface area contributed by atoms with Crippen molar-refractivity contribution in [2.45, 2.75) is 25.1 Å². The van der Waals surface area contributed by atoms with E-state index in [1.54, 1.807) is 14.2 Å². The van der Waals surface area contributed by atoms with Crippen molar-refractivity contribution in [3.05, 3.63) is 23.8 Å². The maximum atomic E-state index is 5.39. The van der Waals surface area contributed by atoms with Gasteiger partial charge in [0.15, 0.2) is 0 Å². The van der Waals surface area contributed by atoms with Crippen LogP contribution in [0.15, 0.2) is 18.2 Å². The van der Waals surface area contributed by atoms with Gasteiger partial charge in [0.1, 0.15) is 11.5 Å². The molecule has 1 aromatic rings. The van der Waals surface area contributed by atoms with Crippen molar-refractivity contribution in [3.8, 4) is 11.5 Å². The van der Waals surface area contributed by atoms with Crippen LogP contribution in [0.1, 0.15) is 30.7 Å². The van der Waals surface area contributed by atoms with E-state index in [0.29, 0.717) is 10.7 Å². The number of methoxy groups -OCH3 is 2. The van der Waals surface area contributed by atoms with Gasteiger partial charge in [0.25, 0.3) is 0 Å². The van der Waals surface area contributed by atoms with Crippen molar-refractivity contribution in [3.63, 3.8) is 0 Å². The van der Waals surface area contributed by atoms with Crippen molar-refractivity contribution in [1.29, 1.82) is 0 Å². The maximum Gasteiger partial charge on any atom is 0.126 e. The minimum absolute atomic E-state index is 0.318. The summed E-state index contributed by atoms with van der Waals surface area (Å²) in [7, 11) is 3.35. The molecule has 0 aliphatic rings. The number of halogens is 1. The van der Waals surface area contributed by atoms with E-state index in [9.17, 15) is 0 Å². The van der Waals surface area contributed by atoms with Crippen molar-refractivity contribution < 1.29 is 9.47 Å². The lowest BCUT2D eigenvalue weighted by Crippen LogP contribution is -2.04. The first-order chi connectivity index (χ1) is 7.63. The quantitative estimate of drug-likeness (QED) is 0.756. The summed E-state index contributed by atoms with van der Waals surface area (Å²) in [5.41, 5.74) is 1.18. The summed E-state index contributed by atoms with van der Waals surface area (Å²) in [6.07, 6.45) is 1.13. The van der Waals surface area contributed by atoms with Crippen LogP contribution in [0.3, 0.4) is 0 Å². The highest BCUT2D eigenvalue weighted by Crippen LogP contribution is 2.39. The van der Waals surface area contributed by atoms with E-state index < -0.39 is 0 Å². The molecule has 0 radical (unpaired) electrons. The molecule has 2 atom stereocenters. The number of alkyl halides is 1. The highest BCUT2D eigenvalue weighted by molar-refractivity contribution is 9.09. The number of ether oxygens (including phenoxy) is 2. The molecule has 2 nitrogen and oxygen atoms in total. The summed E-state index contributed by atoms with van der Waals surface area (Å²) in [5, 5.41) is 0. The van der Waals surface area contributed by atoms with Crippen LogP contribution in [-0.4, -0.2) is 14.2 Å². The Kier molecular flexibility index (Phi) is 5.13. The number of hydrogen-bond acceptors (Lipinski definition) is 2. The van der Waals surface area contributed by atoms with Crippen LogP contribution >= 0.6 is 15.9 Å². The number of benzene rings is 1. The summed E-state index contributed by atoms with van der Waals surface area (Å²) in [6, 6.07) is 5.95. The fraction of sp³-hybridized carbons (Fsp3) is 0.538. The first-order valence-corrected chi connectivity index (χ1v) is 6.41. The largest absolute Gasteiger partial charge is 0.497 e. The highest BCUT2D eigenvalue weighted by atomic mass is 79.9. The van der Waals surface area contributed by atoms with E-state index in [-0.39, 0.29) is 0 Å². The van der Waals surface area contributed by atoms with Crippen molar-refractivity contribution in [1.82, 2.24) is 0 Å². The molecule has 0 aromatic heterocycles. The zero-order valence-corrected chi connectivity index (χ0v) is 11.9. The summed E-state index contributed by atoms with van der Waals surface area (Å²) in [6.45, 7) is 4.41. The molecule has 90 valence electrons. The van der Waals surface area contributed by atoms with Crippen LogP contribution in [0.5, 0.6) is 11.5 Å². The fourth-order valence-electron chi connectivity index (χ4n) is 1.56. The predicted octanol–water partition coefficient (Wildman–Crippen LogP) is 4.19. The average molecular weight is 287 g/mol. The predicted molar refractivity (Wildman–Crippen MR) is 70.7 cm³/mol. The second-order valence-electron chi connectivity index (χ2n) is 3.90. The van der Waals surface area contributed by atoms with Crippen LogP contribution in [0.4, 0.5) is 0 Å². The third-order valence-corrected chi connectivity index (χ3v) is 4.28. The van der Waals surface area contributed by atoms with Gasteiger partial charge >= 0.3 is 0 Å². The van der Waals surface area contributed by atoms with Gasteiger partial charge in [0, 0.05) is 16.5 Å². The van der Waals surface area contributed by atoms with Gasteiger partial charge in [-0.2, -0.15) is 0 Å². The lowest BCUT2D eigenvalue weighted by Gasteiger charge is -2.20. The van der Waals surface area contributed by atoms with E-state index in [4.69, 9.17) is 9.47 Å². The Morgan fingerprint density at radius 2 is 1.94 bits per heavy atom. The summed E-state index contributed by atoms with van der Waals surface area (Å²) in [4.78, 5) is 0.318. The van der Waals surface area contributed by atoms with Gasteiger partial charge in [-0.3, -0.25) is 0 Å². The summed E-state index contributed by atoms with van der Waals surface area (Å²) >= 11 is 3.73. The minimum Gasteiger partial charge on any atom is -0.497 e. The molecule has 0 spiro atoms. The summed E-state index contributed by atoms with van der Waals surface area (Å²) in [5.74, 6) is 2.27. The molecule has 0 saturated carbocycles. The molecular formula is C13H19BrO2. The molecule has 0 aliphatic heterocycles. The molecule has 1 rings (SSSR count). The van der Waals surface area contributed by atoms with Gasteiger partial charge in [-0.05, 0) is 12.0 Å². The summed E-state index contributed by atoms with van der Waals surface area (Å²) < 4.78 is 10.6. The zero-order chi connectivity index (χ0) is 12.1. The Labute approximate surface area is 106 Å². The van der Waals surface area contributed by atoms with Gasteiger partial charge in [-0.15, -0.1) is 0 Å². The molecule has 0 fully saturated rings. The molecule has 0 bridgehead atoms. The monoisotopic (exact) mass is 286 g/mol. The molecule has 0 N–H and O–H groups in total. The van der Waals surface area contributed by atoms with Crippen molar-refractivity contribution in [2.75, 3.05) is 14.2 Å². The van der Waals surface area contributed by atoms with Crippen LogP contribution in [0.25, 0.3) is 0 Å². The molecular weight excluding hydrogens is 268 g/mol. The van der Waals surface area contributed by atoms with E-state index >= 15 is 0 Å². The fourth-order valence-corrected chi connectivity index (χ4v) is 2.31. The zero-order valence-electron chi connectivity index (χ0n) is 10.3. The highest BCUT2D eigenvalue weighted by Gasteiger charge is 2.18. The van der Waals surface area contributed by atoms with Gasteiger partial charge < -0.3 is 9.47 Å². The van der Waals surface area contributed by atoms with Gasteiger partial charge in [-0.25, -0.2) is 0 Å². The lowest BCUT2D eigenvalue weighted by molar-refractivity contribution is 0.388. The van der Waals surface area contributed by atoms with Gasteiger partial charge in [-0.1, -0.05) is 42.3 Å². The third kappa shape index (κ3) is 2.91. The SMILES string of the molecule is CCC(C)C(Br)c1ccc(OC)cc1OC. The topological polar surface area (TPSA) is 18.5 Å². The van der Waals surface area contributed by atoms with E-state index in [1.165, 1.54) is 5.56 Å². The van der Waals surface area contributed by atoms with Crippen LogP contribution in [-0.2, 0) is 0 Å². The molecule has 0 heterocycles. The van der Waals surface area contributed by atoms with E-state index in [0.717, 1.165) is 17.9 Å². The van der Waals surface area contributed by atoms with Crippen molar-refractivity contribution in [2.24, 2.45) is 5.92 Å². The maximum absolute atomic E-state index is 5.39.